The first-order valence-corrected chi connectivity index (χ1v) is 11.3. The highest BCUT2D eigenvalue weighted by atomic mass is 32.2. The summed E-state index contributed by atoms with van der Waals surface area (Å²) in [6.45, 7) is 0.570. The Hall–Kier alpha value is -2.66. The van der Waals surface area contributed by atoms with E-state index in [1.807, 2.05) is 0 Å². The summed E-state index contributed by atoms with van der Waals surface area (Å²) < 4.78 is 47.5. The number of thiazole rings is 1. The summed E-state index contributed by atoms with van der Waals surface area (Å²) in [7, 11) is -2.30. The number of carbonyl (C=O) groups excluding carboxylic acids is 1. The Labute approximate surface area is 177 Å². The van der Waals surface area contributed by atoms with Crippen LogP contribution in [0.4, 0.5) is 4.39 Å². The number of methoxy groups -OCH3 is 1. The quantitative estimate of drug-likeness (QED) is 0.535. The van der Waals surface area contributed by atoms with E-state index in [1.54, 1.807) is 34.3 Å². The van der Waals surface area contributed by atoms with Gasteiger partial charge in [-0.1, -0.05) is 24.3 Å². The number of carbonyl (C=O) groups is 1. The molecule has 0 aliphatic rings. The maximum absolute atomic E-state index is 13.9. The molecule has 1 amide bonds. The summed E-state index contributed by atoms with van der Waals surface area (Å²) in [5.74, 6) is -0.930. The largest absolute Gasteiger partial charge is 0.383 e. The summed E-state index contributed by atoms with van der Waals surface area (Å²) in [4.78, 5) is 17.1. The Bertz CT molecular complexity index is 1200. The lowest BCUT2D eigenvalue weighted by atomic mass is 10.2. The van der Waals surface area contributed by atoms with Gasteiger partial charge in [0.2, 0.25) is 10.0 Å². The molecule has 30 heavy (non-hydrogen) atoms. The van der Waals surface area contributed by atoms with Crippen molar-refractivity contribution in [1.82, 2.24) is 9.29 Å². The average Bonchev–Trinajstić information content (AvgIpc) is 3.16. The van der Waals surface area contributed by atoms with Crippen LogP contribution in [0.1, 0.15) is 15.9 Å². The van der Waals surface area contributed by atoms with E-state index in [4.69, 9.17) is 4.74 Å². The maximum Gasteiger partial charge on any atom is 0.279 e. The Morgan fingerprint density at radius 2 is 2.03 bits per heavy atom. The van der Waals surface area contributed by atoms with Crippen LogP contribution < -0.4 is 9.52 Å². The van der Waals surface area contributed by atoms with Crippen molar-refractivity contribution in [3.05, 3.63) is 81.9 Å². The zero-order chi connectivity index (χ0) is 21.6. The molecule has 0 bridgehead atoms. The number of amides is 1. The first-order chi connectivity index (χ1) is 14.4. The Balaban J connectivity index is 1.84. The summed E-state index contributed by atoms with van der Waals surface area (Å²) in [6.07, 6.45) is 1.71. The van der Waals surface area contributed by atoms with Crippen molar-refractivity contribution < 1.29 is 22.3 Å². The highest BCUT2D eigenvalue weighted by Crippen LogP contribution is 2.13. The number of benzene rings is 2. The van der Waals surface area contributed by atoms with E-state index in [2.05, 4.69) is 9.71 Å². The van der Waals surface area contributed by atoms with Crippen LogP contribution in [0.2, 0.25) is 0 Å². The molecule has 10 heteroatoms. The van der Waals surface area contributed by atoms with Crippen LogP contribution in [-0.2, 0) is 21.3 Å². The fourth-order valence-corrected chi connectivity index (χ4v) is 4.41. The van der Waals surface area contributed by atoms with Crippen LogP contribution in [0, 0.1) is 5.82 Å². The fraction of sp³-hybridized carbons (Fsp3) is 0.200. The number of sulfonamides is 1. The molecule has 0 saturated carbocycles. The van der Waals surface area contributed by atoms with Gasteiger partial charge in [0.1, 0.15) is 5.82 Å². The van der Waals surface area contributed by atoms with Gasteiger partial charge in [0.25, 0.3) is 5.91 Å². The third-order valence-corrected chi connectivity index (χ3v) is 6.40. The number of halogens is 1. The van der Waals surface area contributed by atoms with Gasteiger partial charge in [0.15, 0.2) is 4.80 Å². The molecule has 0 aliphatic heterocycles. The standard InChI is InChI=1S/C20H20FN3O4S2/c1-28-11-9-22-30(26,27)17-7-4-6-15(13-17)19(25)23-20-24(10-12-29-20)14-16-5-2-3-8-18(16)21/h2-8,10,12-13,22H,9,11,14H2,1H3. The first-order valence-electron chi connectivity index (χ1n) is 8.96. The van der Waals surface area contributed by atoms with Gasteiger partial charge in [-0.2, -0.15) is 4.99 Å². The maximum atomic E-state index is 13.9. The highest BCUT2D eigenvalue weighted by Gasteiger charge is 2.16. The van der Waals surface area contributed by atoms with Crippen LogP contribution >= 0.6 is 11.3 Å². The predicted octanol–water partition coefficient (Wildman–Crippen LogP) is 2.40. The number of aromatic nitrogens is 1. The third-order valence-electron chi connectivity index (χ3n) is 4.15. The number of rotatable bonds is 8. The van der Waals surface area contributed by atoms with Gasteiger partial charge in [-0.3, -0.25) is 4.79 Å². The second-order valence-corrected chi connectivity index (χ2v) is 8.88. The minimum atomic E-state index is -3.77. The van der Waals surface area contributed by atoms with E-state index in [0.29, 0.717) is 10.4 Å². The Kier molecular flexibility index (Phi) is 7.27. The van der Waals surface area contributed by atoms with Crippen molar-refractivity contribution in [1.29, 1.82) is 0 Å². The van der Waals surface area contributed by atoms with Crippen molar-refractivity contribution in [3.63, 3.8) is 0 Å². The highest BCUT2D eigenvalue weighted by molar-refractivity contribution is 7.89. The average molecular weight is 450 g/mol. The number of nitrogens with one attached hydrogen (secondary N) is 1. The molecular formula is C20H20FN3O4S2. The minimum Gasteiger partial charge on any atom is -0.383 e. The van der Waals surface area contributed by atoms with Gasteiger partial charge in [0.05, 0.1) is 18.0 Å². The van der Waals surface area contributed by atoms with Gasteiger partial charge in [-0.05, 0) is 24.3 Å². The normalized spacial score (nSPS) is 12.3. The molecule has 0 radical (unpaired) electrons. The molecule has 0 spiro atoms. The smallest absolute Gasteiger partial charge is 0.279 e. The topological polar surface area (TPSA) is 89.8 Å². The minimum absolute atomic E-state index is 0.0370. The Morgan fingerprint density at radius 1 is 1.23 bits per heavy atom. The molecule has 3 aromatic rings. The molecule has 3 rings (SSSR count). The van der Waals surface area contributed by atoms with E-state index in [1.165, 1.54) is 48.8 Å². The van der Waals surface area contributed by atoms with E-state index >= 15 is 0 Å². The van der Waals surface area contributed by atoms with Crippen molar-refractivity contribution in [2.24, 2.45) is 4.99 Å². The Morgan fingerprint density at radius 3 is 2.80 bits per heavy atom. The van der Waals surface area contributed by atoms with Crippen LogP contribution in [0.3, 0.4) is 0 Å². The molecule has 1 N–H and O–H groups in total. The molecule has 0 fully saturated rings. The molecule has 0 aliphatic carbocycles. The summed E-state index contributed by atoms with van der Waals surface area (Å²) in [6, 6.07) is 12.0. The zero-order valence-electron chi connectivity index (χ0n) is 16.1. The molecule has 7 nitrogen and oxygen atoms in total. The fourth-order valence-electron chi connectivity index (χ4n) is 2.63. The second kappa shape index (κ2) is 9.90. The molecular weight excluding hydrogens is 429 g/mol. The molecule has 1 aromatic heterocycles. The zero-order valence-corrected chi connectivity index (χ0v) is 17.7. The van der Waals surface area contributed by atoms with Crippen molar-refractivity contribution in [3.8, 4) is 0 Å². The van der Waals surface area contributed by atoms with Gasteiger partial charge in [0, 0.05) is 36.4 Å². The first kappa shape index (κ1) is 22.0. The van der Waals surface area contributed by atoms with Crippen LogP contribution in [0.25, 0.3) is 0 Å². The monoisotopic (exact) mass is 449 g/mol. The van der Waals surface area contributed by atoms with Crippen molar-refractivity contribution in [2.45, 2.75) is 11.4 Å². The van der Waals surface area contributed by atoms with Crippen LogP contribution in [0.15, 0.2) is 70.0 Å². The van der Waals surface area contributed by atoms with Crippen LogP contribution in [-0.4, -0.2) is 39.2 Å². The number of nitrogens with zero attached hydrogens (tertiary/aromatic N) is 2. The summed E-state index contributed by atoms with van der Waals surface area (Å²) >= 11 is 1.23. The lowest BCUT2D eigenvalue weighted by Gasteiger charge is -2.07. The predicted molar refractivity (Wildman–Crippen MR) is 111 cm³/mol. The summed E-state index contributed by atoms with van der Waals surface area (Å²) in [5.41, 5.74) is 0.607. The van der Waals surface area contributed by atoms with E-state index in [9.17, 15) is 17.6 Å². The SMILES string of the molecule is COCCNS(=O)(=O)c1cccc(C(=O)N=c2sccn2Cc2ccccc2F)c1. The molecule has 0 saturated heterocycles. The molecule has 0 atom stereocenters. The molecule has 1 heterocycles. The number of hydrogen-bond donors (Lipinski definition) is 1. The van der Waals surface area contributed by atoms with E-state index in [-0.39, 0.29) is 36.0 Å². The second-order valence-electron chi connectivity index (χ2n) is 6.24. The molecule has 0 unspecified atom stereocenters. The lowest BCUT2D eigenvalue weighted by molar-refractivity contribution is 0.0997. The van der Waals surface area contributed by atoms with E-state index < -0.39 is 15.9 Å². The van der Waals surface area contributed by atoms with Crippen molar-refractivity contribution in [2.75, 3.05) is 20.3 Å². The van der Waals surface area contributed by atoms with E-state index in [0.717, 1.165) is 0 Å². The van der Waals surface area contributed by atoms with Crippen LogP contribution in [0.5, 0.6) is 0 Å². The van der Waals surface area contributed by atoms with Gasteiger partial charge in [-0.15, -0.1) is 11.3 Å². The number of ether oxygens (including phenoxy) is 1. The van der Waals surface area contributed by atoms with Gasteiger partial charge < -0.3 is 9.30 Å². The lowest BCUT2D eigenvalue weighted by Crippen LogP contribution is -2.27. The van der Waals surface area contributed by atoms with Gasteiger partial charge >= 0.3 is 0 Å². The van der Waals surface area contributed by atoms with Crippen molar-refractivity contribution >= 4 is 27.3 Å². The molecule has 2 aromatic carbocycles. The summed E-state index contributed by atoms with van der Waals surface area (Å²) in [5, 5.41) is 1.74. The van der Waals surface area contributed by atoms with Gasteiger partial charge in [-0.25, -0.2) is 17.5 Å². The molecule has 158 valence electrons. The number of hydrogen-bond acceptors (Lipinski definition) is 5. The third kappa shape index (κ3) is 5.48.